The summed E-state index contributed by atoms with van der Waals surface area (Å²) in [4.78, 5) is 20.1. The van der Waals surface area contributed by atoms with Crippen molar-refractivity contribution in [2.45, 2.75) is 20.3 Å². The number of nitrogens with zero attached hydrogens (tertiary/aromatic N) is 2. The van der Waals surface area contributed by atoms with Gasteiger partial charge in [-0.1, -0.05) is 6.07 Å². The van der Waals surface area contributed by atoms with E-state index < -0.39 is 0 Å². The molecule has 1 N–H and O–H groups in total. The van der Waals surface area contributed by atoms with Gasteiger partial charge in [0.05, 0.1) is 13.0 Å². The molecule has 138 valence electrons. The van der Waals surface area contributed by atoms with E-state index in [9.17, 15) is 4.79 Å². The number of anilines is 1. The second kappa shape index (κ2) is 8.80. The molecule has 1 aromatic heterocycles. The average Bonchev–Trinajstić information content (AvgIpc) is 2.67. The molecule has 0 bridgehead atoms. The fraction of sp³-hybridized carbons (Fsp3) is 0.190. The van der Waals surface area contributed by atoms with Crippen LogP contribution in [0.4, 0.5) is 5.69 Å². The van der Waals surface area contributed by atoms with Gasteiger partial charge < -0.3 is 14.8 Å². The number of carbonyl (C=O) groups excluding carboxylic acids is 1. The molecule has 0 aliphatic carbocycles. The Morgan fingerprint density at radius 2 is 1.67 bits per heavy atom. The van der Waals surface area contributed by atoms with Crippen LogP contribution in [0.15, 0.2) is 60.9 Å². The number of hydrogen-bond acceptors (Lipinski definition) is 5. The number of aromatic nitrogens is 2. The third kappa shape index (κ3) is 5.54. The van der Waals surface area contributed by atoms with Gasteiger partial charge in [0.15, 0.2) is 0 Å². The maximum atomic E-state index is 12.1. The van der Waals surface area contributed by atoms with E-state index in [0.717, 1.165) is 5.75 Å². The number of hydrogen-bond donors (Lipinski definition) is 1. The van der Waals surface area contributed by atoms with Gasteiger partial charge in [-0.25, -0.2) is 9.97 Å². The topological polar surface area (TPSA) is 73.3 Å². The Bertz CT molecular complexity index is 896. The van der Waals surface area contributed by atoms with E-state index in [-0.39, 0.29) is 18.3 Å². The van der Waals surface area contributed by atoms with Crippen LogP contribution in [0.1, 0.15) is 17.5 Å². The summed E-state index contributed by atoms with van der Waals surface area (Å²) in [6.45, 7) is 4.41. The molecule has 6 nitrogen and oxygen atoms in total. The molecule has 1 heterocycles. The Hall–Kier alpha value is -3.41. The first-order chi connectivity index (χ1) is 13.1. The van der Waals surface area contributed by atoms with E-state index in [1.54, 1.807) is 42.7 Å². The van der Waals surface area contributed by atoms with Crippen LogP contribution in [0.25, 0.3) is 0 Å². The van der Waals surface area contributed by atoms with Gasteiger partial charge in [0.1, 0.15) is 11.5 Å². The van der Waals surface area contributed by atoms with Crippen LogP contribution in [-0.2, 0) is 4.79 Å². The van der Waals surface area contributed by atoms with Gasteiger partial charge in [0, 0.05) is 18.1 Å². The van der Waals surface area contributed by atoms with Crippen LogP contribution in [0.3, 0.4) is 0 Å². The molecule has 1 amide bonds. The average molecular weight is 363 g/mol. The lowest BCUT2D eigenvalue weighted by Crippen LogP contribution is -2.15. The van der Waals surface area contributed by atoms with Crippen molar-refractivity contribution in [2.24, 2.45) is 0 Å². The molecule has 0 saturated heterocycles. The minimum atomic E-state index is -0.112. The monoisotopic (exact) mass is 363 g/mol. The van der Waals surface area contributed by atoms with Crippen LogP contribution in [0, 0.1) is 13.8 Å². The van der Waals surface area contributed by atoms with Gasteiger partial charge in [-0.3, -0.25) is 4.79 Å². The summed E-state index contributed by atoms with van der Waals surface area (Å²) in [6.07, 6.45) is 3.48. The highest BCUT2D eigenvalue weighted by molar-refractivity contribution is 5.90. The standard InChI is InChI=1S/C21H21N3O3/c1-15-4-7-19(14-16(15)2)26-13-10-20(25)24-17-5-8-18(9-6-17)27-21-22-11-3-12-23-21/h3-9,11-12,14H,10,13H2,1-2H3,(H,24,25). The first-order valence-electron chi connectivity index (χ1n) is 8.65. The number of aryl methyl sites for hydroxylation is 2. The molecule has 3 rings (SSSR count). The molecule has 0 unspecified atom stereocenters. The highest BCUT2D eigenvalue weighted by Gasteiger charge is 2.05. The maximum absolute atomic E-state index is 12.1. The van der Waals surface area contributed by atoms with Crippen molar-refractivity contribution in [1.82, 2.24) is 9.97 Å². The SMILES string of the molecule is Cc1ccc(OCCC(=O)Nc2ccc(Oc3ncccn3)cc2)cc1C. The summed E-state index contributed by atoms with van der Waals surface area (Å²) in [5.74, 6) is 1.26. The zero-order valence-corrected chi connectivity index (χ0v) is 15.3. The lowest BCUT2D eigenvalue weighted by molar-refractivity contribution is -0.116. The summed E-state index contributed by atoms with van der Waals surface area (Å²) in [7, 11) is 0. The van der Waals surface area contributed by atoms with Gasteiger partial charge in [0.2, 0.25) is 5.91 Å². The highest BCUT2D eigenvalue weighted by Crippen LogP contribution is 2.20. The molecule has 0 fully saturated rings. The van der Waals surface area contributed by atoms with Crippen molar-refractivity contribution in [3.8, 4) is 17.5 Å². The Balaban J connectivity index is 1.45. The summed E-state index contributed by atoms with van der Waals surface area (Å²) < 4.78 is 11.2. The van der Waals surface area contributed by atoms with E-state index in [2.05, 4.69) is 22.2 Å². The third-order valence-electron chi connectivity index (χ3n) is 3.97. The second-order valence-corrected chi connectivity index (χ2v) is 6.05. The number of ether oxygens (including phenoxy) is 2. The van der Waals surface area contributed by atoms with E-state index in [1.165, 1.54) is 11.1 Å². The minimum absolute atomic E-state index is 0.112. The Morgan fingerprint density at radius 3 is 2.37 bits per heavy atom. The van der Waals surface area contributed by atoms with E-state index in [1.807, 2.05) is 25.1 Å². The number of rotatable bonds is 7. The zero-order valence-electron chi connectivity index (χ0n) is 15.3. The van der Waals surface area contributed by atoms with Crippen molar-refractivity contribution in [1.29, 1.82) is 0 Å². The Kier molecular flexibility index (Phi) is 5.99. The molecule has 6 heteroatoms. The largest absolute Gasteiger partial charge is 0.493 e. The molecule has 0 spiro atoms. The lowest BCUT2D eigenvalue weighted by atomic mass is 10.1. The van der Waals surface area contributed by atoms with Gasteiger partial charge >= 0.3 is 6.01 Å². The van der Waals surface area contributed by atoms with Crippen molar-refractivity contribution >= 4 is 11.6 Å². The van der Waals surface area contributed by atoms with Crippen molar-refractivity contribution in [3.63, 3.8) is 0 Å². The normalized spacial score (nSPS) is 10.3. The molecule has 0 saturated carbocycles. The van der Waals surface area contributed by atoms with Crippen molar-refractivity contribution in [2.75, 3.05) is 11.9 Å². The summed E-state index contributed by atoms with van der Waals surface area (Å²) >= 11 is 0. The van der Waals surface area contributed by atoms with Crippen LogP contribution in [0.5, 0.6) is 17.5 Å². The van der Waals surface area contributed by atoms with Gasteiger partial charge in [-0.05, 0) is 67.4 Å². The summed E-state index contributed by atoms with van der Waals surface area (Å²) in [5.41, 5.74) is 3.07. The Morgan fingerprint density at radius 1 is 0.963 bits per heavy atom. The van der Waals surface area contributed by atoms with E-state index >= 15 is 0 Å². The molecular formula is C21H21N3O3. The quantitative estimate of drug-likeness (QED) is 0.678. The predicted molar refractivity (Wildman–Crippen MR) is 103 cm³/mol. The van der Waals surface area contributed by atoms with Crippen molar-refractivity contribution in [3.05, 3.63) is 72.1 Å². The molecular weight excluding hydrogens is 342 g/mol. The molecule has 0 aliphatic rings. The van der Waals surface area contributed by atoms with Crippen LogP contribution in [-0.4, -0.2) is 22.5 Å². The molecule has 0 radical (unpaired) electrons. The summed E-state index contributed by atoms with van der Waals surface area (Å²) in [5, 5.41) is 2.83. The molecule has 27 heavy (non-hydrogen) atoms. The predicted octanol–water partition coefficient (Wildman–Crippen LogP) is 4.29. The highest BCUT2D eigenvalue weighted by atomic mass is 16.5. The van der Waals surface area contributed by atoms with E-state index in [0.29, 0.717) is 18.0 Å². The van der Waals surface area contributed by atoms with Crippen LogP contribution >= 0.6 is 0 Å². The molecule has 3 aromatic rings. The minimum Gasteiger partial charge on any atom is -0.493 e. The fourth-order valence-electron chi connectivity index (χ4n) is 2.34. The first kappa shape index (κ1) is 18.4. The number of nitrogens with one attached hydrogen (secondary N) is 1. The number of amides is 1. The van der Waals surface area contributed by atoms with Gasteiger partial charge in [0.25, 0.3) is 0 Å². The molecule has 0 atom stereocenters. The fourth-order valence-corrected chi connectivity index (χ4v) is 2.34. The zero-order chi connectivity index (χ0) is 19.1. The van der Waals surface area contributed by atoms with E-state index in [4.69, 9.17) is 9.47 Å². The first-order valence-corrected chi connectivity index (χ1v) is 8.65. The Labute approximate surface area is 158 Å². The number of benzene rings is 2. The van der Waals surface area contributed by atoms with Gasteiger partial charge in [-0.2, -0.15) is 0 Å². The number of carbonyl (C=O) groups is 1. The smallest absolute Gasteiger partial charge is 0.321 e. The van der Waals surface area contributed by atoms with Crippen molar-refractivity contribution < 1.29 is 14.3 Å². The lowest BCUT2D eigenvalue weighted by Gasteiger charge is -2.09. The summed E-state index contributed by atoms with van der Waals surface area (Å²) in [6, 6.07) is 14.9. The third-order valence-corrected chi connectivity index (χ3v) is 3.97. The van der Waals surface area contributed by atoms with Crippen LogP contribution in [0.2, 0.25) is 0 Å². The molecule has 0 aliphatic heterocycles. The van der Waals surface area contributed by atoms with Crippen LogP contribution < -0.4 is 14.8 Å². The molecule has 2 aromatic carbocycles. The maximum Gasteiger partial charge on any atom is 0.321 e. The van der Waals surface area contributed by atoms with Gasteiger partial charge in [-0.15, -0.1) is 0 Å². The second-order valence-electron chi connectivity index (χ2n) is 6.05.